The third-order valence-electron chi connectivity index (χ3n) is 4.99. The van der Waals surface area contributed by atoms with Crippen LogP contribution in [0.3, 0.4) is 0 Å². The first-order valence-corrected chi connectivity index (χ1v) is 11.1. The maximum Gasteiger partial charge on any atom is 0.274 e. The highest BCUT2D eigenvalue weighted by Gasteiger charge is 2.31. The third-order valence-corrected chi connectivity index (χ3v) is 6.96. The van der Waals surface area contributed by atoms with Crippen LogP contribution >= 0.6 is 11.6 Å². The topological polar surface area (TPSA) is 99.9 Å². The molecule has 8 nitrogen and oxygen atoms in total. The molecule has 4 rings (SSSR count). The molecule has 0 aliphatic rings. The molecule has 1 N–H and O–H groups in total. The zero-order valence-electron chi connectivity index (χ0n) is 17.4. The minimum Gasteiger partial charge on any atom is -0.497 e. The van der Waals surface area contributed by atoms with Crippen LogP contribution in [0.2, 0.25) is 5.02 Å². The fourth-order valence-electron chi connectivity index (χ4n) is 3.56. The molecule has 0 bridgehead atoms. The van der Waals surface area contributed by atoms with Crippen LogP contribution in [0, 0.1) is 0 Å². The van der Waals surface area contributed by atoms with E-state index in [1.165, 1.54) is 51.8 Å². The molecule has 0 radical (unpaired) electrons. The van der Waals surface area contributed by atoms with Crippen molar-refractivity contribution in [2.45, 2.75) is 4.90 Å². The lowest BCUT2D eigenvalue weighted by Gasteiger charge is -2.13. The predicted octanol–water partition coefficient (Wildman–Crippen LogP) is 4.33. The highest BCUT2D eigenvalue weighted by atomic mass is 35.5. The van der Waals surface area contributed by atoms with E-state index in [0.717, 1.165) is 3.97 Å². The van der Waals surface area contributed by atoms with Gasteiger partial charge in [0.2, 0.25) is 11.8 Å². The Morgan fingerprint density at radius 1 is 1.00 bits per heavy atom. The van der Waals surface area contributed by atoms with Gasteiger partial charge in [0.05, 0.1) is 38.0 Å². The van der Waals surface area contributed by atoms with Gasteiger partial charge in [-0.1, -0.05) is 11.6 Å². The Morgan fingerprint density at radius 2 is 1.78 bits per heavy atom. The number of benzene rings is 2. The molecular formula is C22H19ClN2O6S. The summed E-state index contributed by atoms with van der Waals surface area (Å²) in [4.78, 5) is 4.02. The van der Waals surface area contributed by atoms with E-state index in [9.17, 15) is 13.5 Å². The lowest BCUT2D eigenvalue weighted by atomic mass is 10.1. The van der Waals surface area contributed by atoms with Crippen molar-refractivity contribution >= 4 is 32.5 Å². The van der Waals surface area contributed by atoms with Crippen LogP contribution in [0.25, 0.3) is 22.0 Å². The van der Waals surface area contributed by atoms with E-state index in [-0.39, 0.29) is 27.6 Å². The second-order valence-corrected chi connectivity index (χ2v) is 8.90. The number of halogens is 1. The summed E-state index contributed by atoms with van der Waals surface area (Å²) in [5.74, 6) is 0.211. The Labute approximate surface area is 189 Å². The van der Waals surface area contributed by atoms with Gasteiger partial charge in [0.1, 0.15) is 16.4 Å². The molecule has 2 aromatic heterocycles. The van der Waals surface area contributed by atoms with Crippen molar-refractivity contribution in [2.75, 3.05) is 21.3 Å². The smallest absolute Gasteiger partial charge is 0.274 e. The number of aromatic nitrogens is 2. The number of ether oxygens (including phenoxy) is 3. The number of fused-ring (bicyclic) bond motifs is 1. The maximum absolute atomic E-state index is 13.7. The van der Waals surface area contributed by atoms with Crippen LogP contribution in [-0.4, -0.2) is 43.8 Å². The lowest BCUT2D eigenvalue weighted by molar-refractivity contribution is 0.385. The summed E-state index contributed by atoms with van der Waals surface area (Å²) >= 11 is 6.20. The van der Waals surface area contributed by atoms with Gasteiger partial charge in [-0.3, -0.25) is 0 Å². The number of methoxy groups -OCH3 is 3. The largest absolute Gasteiger partial charge is 0.497 e. The van der Waals surface area contributed by atoms with Crippen molar-refractivity contribution in [1.82, 2.24) is 8.96 Å². The zero-order valence-corrected chi connectivity index (χ0v) is 18.9. The minimum atomic E-state index is -4.30. The zero-order chi connectivity index (χ0) is 23.0. The van der Waals surface area contributed by atoms with Gasteiger partial charge in [0.15, 0.2) is 0 Å². The number of hydrogen-bond acceptors (Lipinski definition) is 7. The monoisotopic (exact) mass is 474 g/mol. The second kappa shape index (κ2) is 8.25. The van der Waals surface area contributed by atoms with Gasteiger partial charge >= 0.3 is 0 Å². The Kier molecular flexibility index (Phi) is 5.62. The van der Waals surface area contributed by atoms with Crippen molar-refractivity contribution in [3.05, 3.63) is 59.8 Å². The fourth-order valence-corrected chi connectivity index (χ4v) is 5.30. The van der Waals surface area contributed by atoms with Gasteiger partial charge in [-0.05, 0) is 42.5 Å². The van der Waals surface area contributed by atoms with Gasteiger partial charge < -0.3 is 19.3 Å². The molecule has 166 valence electrons. The first-order valence-electron chi connectivity index (χ1n) is 9.33. The van der Waals surface area contributed by atoms with Crippen molar-refractivity contribution in [2.24, 2.45) is 0 Å². The molecule has 2 heterocycles. The Bertz CT molecular complexity index is 1430. The number of nitrogens with zero attached hydrogens (tertiary/aromatic N) is 2. The summed E-state index contributed by atoms with van der Waals surface area (Å²) < 4.78 is 44.1. The van der Waals surface area contributed by atoms with E-state index < -0.39 is 15.9 Å². The molecule has 0 atom stereocenters. The van der Waals surface area contributed by atoms with Gasteiger partial charge in [0.25, 0.3) is 10.0 Å². The molecule has 10 heteroatoms. The fraction of sp³-hybridized carbons (Fsp3) is 0.136. The summed E-state index contributed by atoms with van der Waals surface area (Å²) in [6, 6.07) is 12.3. The highest BCUT2D eigenvalue weighted by Crippen LogP contribution is 2.45. The van der Waals surface area contributed by atoms with Gasteiger partial charge in [0, 0.05) is 22.7 Å². The van der Waals surface area contributed by atoms with E-state index in [1.807, 2.05) is 0 Å². The molecule has 0 unspecified atom stereocenters. The quantitative estimate of drug-likeness (QED) is 0.444. The average Bonchev–Trinajstić information content (AvgIpc) is 3.09. The molecule has 4 aromatic rings. The number of hydrogen-bond donors (Lipinski definition) is 1. The molecule has 0 saturated carbocycles. The molecule has 0 aliphatic heterocycles. The second-order valence-electron chi connectivity index (χ2n) is 6.71. The predicted molar refractivity (Wildman–Crippen MR) is 121 cm³/mol. The Morgan fingerprint density at radius 3 is 2.47 bits per heavy atom. The molecule has 2 aromatic carbocycles. The van der Waals surface area contributed by atoms with Crippen LogP contribution in [0.5, 0.6) is 23.3 Å². The van der Waals surface area contributed by atoms with Crippen LogP contribution in [0.15, 0.2) is 59.6 Å². The first kappa shape index (κ1) is 21.8. The van der Waals surface area contributed by atoms with Crippen LogP contribution < -0.4 is 14.2 Å². The molecular weight excluding hydrogens is 456 g/mol. The number of pyridine rings is 1. The van der Waals surface area contributed by atoms with Crippen LogP contribution in [-0.2, 0) is 10.0 Å². The van der Waals surface area contributed by atoms with Crippen molar-refractivity contribution < 1.29 is 27.7 Å². The molecule has 0 fully saturated rings. The lowest BCUT2D eigenvalue weighted by Crippen LogP contribution is -2.13. The first-order chi connectivity index (χ1) is 15.3. The van der Waals surface area contributed by atoms with Gasteiger partial charge in [-0.2, -0.15) is 0 Å². The van der Waals surface area contributed by atoms with E-state index in [0.29, 0.717) is 21.7 Å². The highest BCUT2D eigenvalue weighted by molar-refractivity contribution is 7.90. The molecule has 0 saturated heterocycles. The summed E-state index contributed by atoms with van der Waals surface area (Å²) in [5, 5.41) is 12.0. The average molecular weight is 475 g/mol. The Balaban J connectivity index is 2.08. The Hall–Kier alpha value is -3.43. The standard InChI is InChI=1S/C22H19ClN2O6S/c1-29-14-7-9-19(18(12-14)30-2)32(27,28)25-17-8-6-13(23)11-16(17)20(22(25)26)15-5-4-10-24-21(15)31-3/h4-12,26H,1-3H3. The molecule has 0 aliphatic carbocycles. The van der Waals surface area contributed by atoms with Crippen molar-refractivity contribution in [1.29, 1.82) is 0 Å². The SMILES string of the molecule is COc1ccc(S(=O)(=O)n2c(O)c(-c3cccnc3OC)c3cc(Cl)ccc32)c(OC)c1. The number of aromatic hydroxyl groups is 1. The van der Waals surface area contributed by atoms with Gasteiger partial charge in [-0.15, -0.1) is 0 Å². The van der Waals surface area contributed by atoms with E-state index in [1.54, 1.807) is 24.3 Å². The summed E-state index contributed by atoms with van der Waals surface area (Å²) in [5.41, 5.74) is 0.865. The summed E-state index contributed by atoms with van der Waals surface area (Å²) in [6.07, 6.45) is 1.53. The molecule has 0 spiro atoms. The third kappa shape index (κ3) is 3.39. The van der Waals surface area contributed by atoms with E-state index in [4.69, 9.17) is 25.8 Å². The van der Waals surface area contributed by atoms with Gasteiger partial charge in [-0.25, -0.2) is 17.4 Å². The number of rotatable bonds is 6. The summed E-state index contributed by atoms with van der Waals surface area (Å²) in [7, 11) is -0.0452. The minimum absolute atomic E-state index is 0.0695. The van der Waals surface area contributed by atoms with Crippen LogP contribution in [0.1, 0.15) is 0 Å². The normalized spacial score (nSPS) is 11.5. The molecule has 32 heavy (non-hydrogen) atoms. The molecule has 0 amide bonds. The maximum atomic E-state index is 13.7. The van der Waals surface area contributed by atoms with E-state index >= 15 is 0 Å². The summed E-state index contributed by atoms with van der Waals surface area (Å²) in [6.45, 7) is 0. The van der Waals surface area contributed by atoms with Crippen molar-refractivity contribution in [3.8, 4) is 34.4 Å². The van der Waals surface area contributed by atoms with E-state index in [2.05, 4.69) is 4.98 Å². The van der Waals surface area contributed by atoms with Crippen LogP contribution in [0.4, 0.5) is 0 Å². The van der Waals surface area contributed by atoms with Crippen molar-refractivity contribution in [3.63, 3.8) is 0 Å².